The molecule has 0 aliphatic carbocycles. The number of aromatic nitrogens is 1. The normalized spacial score (nSPS) is 12.4. The van der Waals surface area contributed by atoms with Crippen LogP contribution in [0.1, 0.15) is 24.0 Å². The predicted octanol–water partition coefficient (Wildman–Crippen LogP) is 3.37. The highest BCUT2D eigenvalue weighted by Crippen LogP contribution is 2.24. The lowest BCUT2D eigenvalue weighted by atomic mass is 9.94. The first-order valence-electron chi connectivity index (χ1n) is 4.93. The first-order valence-corrected chi connectivity index (χ1v) is 4.93. The highest BCUT2D eigenvalue weighted by molar-refractivity contribution is 5.30. The van der Waals surface area contributed by atoms with Crippen LogP contribution < -0.4 is 0 Å². The third kappa shape index (κ3) is 2.04. The fourth-order valence-corrected chi connectivity index (χ4v) is 1.66. The van der Waals surface area contributed by atoms with Crippen molar-refractivity contribution in [1.29, 1.82) is 0 Å². The second-order valence-electron chi connectivity index (χ2n) is 3.53. The first kappa shape index (κ1) is 9.84. The maximum absolute atomic E-state index is 13.5. The van der Waals surface area contributed by atoms with E-state index < -0.39 is 0 Å². The second kappa shape index (κ2) is 4.22. The zero-order valence-electron chi connectivity index (χ0n) is 8.52. The standard InChI is InChI=1S/C13H12FN/c1-10(11-5-3-2-4-6-11)12-7-8-15-9-13(12)14/h2-10H,1H3/t10-/m1/s1. The fourth-order valence-electron chi connectivity index (χ4n) is 1.66. The van der Waals surface area contributed by atoms with Gasteiger partial charge >= 0.3 is 0 Å². The van der Waals surface area contributed by atoms with Crippen LogP contribution in [0.15, 0.2) is 48.8 Å². The van der Waals surface area contributed by atoms with Crippen molar-refractivity contribution in [2.75, 3.05) is 0 Å². The average Bonchev–Trinajstić information content (AvgIpc) is 2.30. The molecule has 0 spiro atoms. The third-order valence-electron chi connectivity index (χ3n) is 2.57. The summed E-state index contributed by atoms with van der Waals surface area (Å²) in [6, 6.07) is 11.6. The van der Waals surface area contributed by atoms with E-state index in [0.717, 1.165) is 5.56 Å². The van der Waals surface area contributed by atoms with E-state index in [1.54, 1.807) is 12.3 Å². The molecule has 0 saturated carbocycles. The number of nitrogens with zero attached hydrogens (tertiary/aromatic N) is 1. The van der Waals surface area contributed by atoms with E-state index in [1.165, 1.54) is 6.20 Å². The van der Waals surface area contributed by atoms with Gasteiger partial charge in [0.2, 0.25) is 0 Å². The van der Waals surface area contributed by atoms with Gasteiger partial charge in [-0.1, -0.05) is 37.3 Å². The number of benzene rings is 1. The van der Waals surface area contributed by atoms with Gasteiger partial charge in [-0.25, -0.2) is 4.39 Å². The molecule has 0 aliphatic heterocycles. The molecule has 1 atom stereocenters. The van der Waals surface area contributed by atoms with Crippen LogP contribution >= 0.6 is 0 Å². The lowest BCUT2D eigenvalue weighted by Crippen LogP contribution is -1.99. The number of hydrogen-bond acceptors (Lipinski definition) is 1. The van der Waals surface area contributed by atoms with Crippen LogP contribution in [0.4, 0.5) is 4.39 Å². The third-order valence-corrected chi connectivity index (χ3v) is 2.57. The fraction of sp³-hybridized carbons (Fsp3) is 0.154. The van der Waals surface area contributed by atoms with Crippen molar-refractivity contribution >= 4 is 0 Å². The Kier molecular flexibility index (Phi) is 2.77. The van der Waals surface area contributed by atoms with Crippen LogP contribution in [0, 0.1) is 5.82 Å². The molecule has 0 aliphatic rings. The van der Waals surface area contributed by atoms with Crippen LogP contribution in [-0.4, -0.2) is 4.98 Å². The van der Waals surface area contributed by atoms with Gasteiger partial charge in [-0.2, -0.15) is 0 Å². The average molecular weight is 201 g/mol. The monoisotopic (exact) mass is 201 g/mol. The van der Waals surface area contributed by atoms with Crippen molar-refractivity contribution in [2.45, 2.75) is 12.8 Å². The van der Waals surface area contributed by atoms with Gasteiger partial charge in [-0.3, -0.25) is 4.98 Å². The highest BCUT2D eigenvalue weighted by atomic mass is 19.1. The van der Waals surface area contributed by atoms with Gasteiger partial charge in [-0.05, 0) is 17.2 Å². The largest absolute Gasteiger partial charge is 0.262 e. The molecule has 76 valence electrons. The van der Waals surface area contributed by atoms with Crippen molar-refractivity contribution in [3.05, 3.63) is 65.7 Å². The molecule has 0 bridgehead atoms. The SMILES string of the molecule is C[C@H](c1ccccc1)c1ccncc1F. The summed E-state index contributed by atoms with van der Waals surface area (Å²) < 4.78 is 13.5. The molecular weight excluding hydrogens is 189 g/mol. The van der Waals surface area contributed by atoms with Crippen LogP contribution in [-0.2, 0) is 0 Å². The first-order chi connectivity index (χ1) is 7.29. The summed E-state index contributed by atoms with van der Waals surface area (Å²) in [6.45, 7) is 1.99. The Morgan fingerprint density at radius 3 is 2.53 bits per heavy atom. The lowest BCUT2D eigenvalue weighted by Gasteiger charge is -2.12. The zero-order chi connectivity index (χ0) is 10.7. The minimum absolute atomic E-state index is 0.0641. The summed E-state index contributed by atoms with van der Waals surface area (Å²) in [7, 11) is 0. The Morgan fingerprint density at radius 1 is 1.13 bits per heavy atom. The summed E-state index contributed by atoms with van der Waals surface area (Å²) in [4.78, 5) is 3.75. The van der Waals surface area contributed by atoms with Crippen molar-refractivity contribution < 1.29 is 4.39 Å². The van der Waals surface area contributed by atoms with Crippen molar-refractivity contribution in [2.24, 2.45) is 0 Å². The summed E-state index contributed by atoms with van der Waals surface area (Å²) in [5.74, 6) is -0.178. The van der Waals surface area contributed by atoms with Crippen LogP contribution in [0.5, 0.6) is 0 Å². The van der Waals surface area contributed by atoms with Gasteiger partial charge in [0, 0.05) is 12.1 Å². The number of halogens is 1. The van der Waals surface area contributed by atoms with Crippen LogP contribution in [0.25, 0.3) is 0 Å². The molecule has 0 fully saturated rings. The molecule has 0 radical (unpaired) electrons. The molecule has 0 saturated heterocycles. The summed E-state index contributed by atoms with van der Waals surface area (Å²) in [5.41, 5.74) is 1.80. The Bertz CT molecular complexity index is 439. The Balaban J connectivity index is 2.37. The molecule has 2 heteroatoms. The molecule has 0 N–H and O–H groups in total. The number of hydrogen-bond donors (Lipinski definition) is 0. The van der Waals surface area contributed by atoms with Crippen LogP contribution in [0.3, 0.4) is 0 Å². The quantitative estimate of drug-likeness (QED) is 0.725. The molecule has 1 nitrogen and oxygen atoms in total. The van der Waals surface area contributed by atoms with E-state index in [1.807, 2.05) is 37.3 Å². The smallest absolute Gasteiger partial charge is 0.145 e. The number of pyridine rings is 1. The van der Waals surface area contributed by atoms with Gasteiger partial charge in [0.15, 0.2) is 0 Å². The van der Waals surface area contributed by atoms with Gasteiger partial charge in [0.1, 0.15) is 5.82 Å². The summed E-state index contributed by atoms with van der Waals surface area (Å²) in [6.07, 6.45) is 2.88. The Hall–Kier alpha value is -1.70. The summed E-state index contributed by atoms with van der Waals surface area (Å²) in [5, 5.41) is 0. The topological polar surface area (TPSA) is 12.9 Å². The van der Waals surface area contributed by atoms with E-state index in [2.05, 4.69) is 4.98 Å². The van der Waals surface area contributed by atoms with Crippen molar-refractivity contribution in [3.8, 4) is 0 Å². The molecule has 2 aromatic rings. The molecule has 1 aromatic carbocycles. The van der Waals surface area contributed by atoms with Gasteiger partial charge in [0.25, 0.3) is 0 Å². The Morgan fingerprint density at radius 2 is 1.87 bits per heavy atom. The minimum atomic E-state index is -0.242. The van der Waals surface area contributed by atoms with E-state index in [4.69, 9.17) is 0 Å². The van der Waals surface area contributed by atoms with Crippen molar-refractivity contribution in [1.82, 2.24) is 4.98 Å². The maximum atomic E-state index is 13.5. The maximum Gasteiger partial charge on any atom is 0.145 e. The van der Waals surface area contributed by atoms with E-state index in [9.17, 15) is 4.39 Å². The minimum Gasteiger partial charge on any atom is -0.262 e. The Labute approximate surface area is 88.6 Å². The molecule has 2 rings (SSSR count). The zero-order valence-corrected chi connectivity index (χ0v) is 8.52. The van der Waals surface area contributed by atoms with Crippen LogP contribution in [0.2, 0.25) is 0 Å². The lowest BCUT2D eigenvalue weighted by molar-refractivity contribution is 0.596. The van der Waals surface area contributed by atoms with Gasteiger partial charge in [-0.15, -0.1) is 0 Å². The van der Waals surface area contributed by atoms with Crippen molar-refractivity contribution in [3.63, 3.8) is 0 Å². The molecular formula is C13H12FN. The molecule has 1 heterocycles. The summed E-state index contributed by atoms with van der Waals surface area (Å²) >= 11 is 0. The van der Waals surface area contributed by atoms with Gasteiger partial charge < -0.3 is 0 Å². The number of rotatable bonds is 2. The van der Waals surface area contributed by atoms with E-state index >= 15 is 0 Å². The van der Waals surface area contributed by atoms with E-state index in [0.29, 0.717) is 5.56 Å². The predicted molar refractivity (Wildman–Crippen MR) is 58.2 cm³/mol. The molecule has 0 unspecified atom stereocenters. The van der Waals surface area contributed by atoms with Gasteiger partial charge in [0.05, 0.1) is 6.20 Å². The molecule has 1 aromatic heterocycles. The molecule has 0 amide bonds. The second-order valence-corrected chi connectivity index (χ2v) is 3.53. The highest BCUT2D eigenvalue weighted by Gasteiger charge is 2.11. The molecule has 15 heavy (non-hydrogen) atoms. The van der Waals surface area contributed by atoms with E-state index in [-0.39, 0.29) is 11.7 Å².